The van der Waals surface area contributed by atoms with Gasteiger partial charge in [0.15, 0.2) is 0 Å². The second kappa shape index (κ2) is 6.81. The highest BCUT2D eigenvalue weighted by Crippen LogP contribution is 2.27. The van der Waals surface area contributed by atoms with Crippen LogP contribution in [0.3, 0.4) is 0 Å². The van der Waals surface area contributed by atoms with Gasteiger partial charge in [-0.3, -0.25) is 10.1 Å². The lowest BCUT2D eigenvalue weighted by atomic mass is 10.0. The number of halogens is 1. The van der Waals surface area contributed by atoms with Crippen molar-refractivity contribution in [2.75, 3.05) is 26.0 Å². The molecule has 7 nitrogen and oxygen atoms in total. The van der Waals surface area contributed by atoms with Crippen LogP contribution in [0.5, 0.6) is 0 Å². The number of nitro groups is 1. The van der Waals surface area contributed by atoms with Crippen LogP contribution in [0.4, 0.5) is 11.5 Å². The molecule has 1 N–H and O–H groups in total. The molecule has 0 bridgehead atoms. The second-order valence-electron chi connectivity index (χ2n) is 5.29. The Morgan fingerprint density at radius 1 is 1.40 bits per heavy atom. The lowest BCUT2D eigenvalue weighted by molar-refractivity contribution is -0.385. The van der Waals surface area contributed by atoms with E-state index in [4.69, 9.17) is 11.6 Å². The molecule has 0 saturated heterocycles. The number of nitrogens with zero attached hydrogens (tertiary/aromatic N) is 4. The zero-order chi connectivity index (χ0) is 15.4. The van der Waals surface area contributed by atoms with E-state index in [1.54, 1.807) is 6.92 Å². The Morgan fingerprint density at radius 2 is 2.00 bits per heavy atom. The summed E-state index contributed by atoms with van der Waals surface area (Å²) < 4.78 is 0. The number of anilines is 1. The van der Waals surface area contributed by atoms with Crippen LogP contribution in [0.2, 0.25) is 5.28 Å². The summed E-state index contributed by atoms with van der Waals surface area (Å²) >= 11 is 5.80. The van der Waals surface area contributed by atoms with Crippen molar-refractivity contribution in [3.05, 3.63) is 21.1 Å². The smallest absolute Gasteiger partial charge is 0.332 e. The predicted molar refractivity (Wildman–Crippen MR) is 79.2 cm³/mol. The lowest BCUT2D eigenvalue weighted by Crippen LogP contribution is -2.37. The zero-order valence-electron chi connectivity index (χ0n) is 12.3. The van der Waals surface area contributed by atoms with Crippen molar-refractivity contribution >= 4 is 23.1 Å². The summed E-state index contributed by atoms with van der Waals surface area (Å²) in [4.78, 5) is 20.5. The summed E-state index contributed by atoms with van der Waals surface area (Å²) in [5, 5.41) is 14.3. The summed E-state index contributed by atoms with van der Waals surface area (Å²) in [6.07, 6.45) is 0. The molecule has 0 fully saturated rings. The minimum atomic E-state index is -0.485. The maximum atomic E-state index is 11.2. The van der Waals surface area contributed by atoms with E-state index in [1.807, 2.05) is 32.8 Å². The third kappa shape index (κ3) is 4.28. The average molecular weight is 302 g/mol. The van der Waals surface area contributed by atoms with Gasteiger partial charge in [0.05, 0.1) is 4.92 Å². The number of aryl methyl sites for hydroxylation is 1. The number of rotatable bonds is 6. The van der Waals surface area contributed by atoms with Crippen LogP contribution < -0.4 is 5.32 Å². The fraction of sp³-hybridized carbons (Fsp3) is 0.667. The Labute approximate surface area is 123 Å². The first-order valence-electron chi connectivity index (χ1n) is 6.32. The second-order valence-corrected chi connectivity index (χ2v) is 5.63. The van der Waals surface area contributed by atoms with Gasteiger partial charge >= 0.3 is 5.69 Å². The number of hydrogen-bond donors (Lipinski definition) is 1. The van der Waals surface area contributed by atoms with Gasteiger partial charge in [-0.05, 0) is 38.5 Å². The third-order valence-electron chi connectivity index (χ3n) is 2.90. The summed E-state index contributed by atoms with van der Waals surface area (Å²) in [7, 11) is 3.90. The molecule has 0 spiro atoms. The van der Waals surface area contributed by atoms with Crippen molar-refractivity contribution in [3.8, 4) is 0 Å². The molecular formula is C12H20ClN5O2. The van der Waals surface area contributed by atoms with Gasteiger partial charge in [0.25, 0.3) is 0 Å². The van der Waals surface area contributed by atoms with Gasteiger partial charge < -0.3 is 10.2 Å². The van der Waals surface area contributed by atoms with E-state index in [1.165, 1.54) is 0 Å². The van der Waals surface area contributed by atoms with E-state index in [0.29, 0.717) is 0 Å². The van der Waals surface area contributed by atoms with Crippen molar-refractivity contribution in [2.24, 2.45) is 5.92 Å². The van der Waals surface area contributed by atoms with Crippen molar-refractivity contribution in [1.82, 2.24) is 14.9 Å². The van der Waals surface area contributed by atoms with Crippen molar-refractivity contribution in [1.29, 1.82) is 0 Å². The minimum Gasteiger partial charge on any atom is -0.360 e. The van der Waals surface area contributed by atoms with E-state index in [0.717, 1.165) is 6.54 Å². The van der Waals surface area contributed by atoms with Crippen LogP contribution in [-0.2, 0) is 0 Å². The first-order valence-corrected chi connectivity index (χ1v) is 6.70. The Kier molecular flexibility index (Phi) is 5.64. The average Bonchev–Trinajstić information content (AvgIpc) is 2.25. The largest absolute Gasteiger partial charge is 0.360 e. The summed E-state index contributed by atoms with van der Waals surface area (Å²) in [6, 6.07) is 0.0223. The maximum Gasteiger partial charge on any atom is 0.332 e. The predicted octanol–water partition coefficient (Wildman–Crippen LogP) is 2.34. The summed E-state index contributed by atoms with van der Waals surface area (Å²) in [5.74, 6) is 0.458. The van der Waals surface area contributed by atoms with Crippen molar-refractivity contribution < 1.29 is 4.92 Å². The van der Waals surface area contributed by atoms with Crippen LogP contribution in [0.1, 0.15) is 19.5 Å². The highest BCUT2D eigenvalue weighted by Gasteiger charge is 2.25. The Hall–Kier alpha value is -1.47. The molecule has 0 radical (unpaired) electrons. The van der Waals surface area contributed by atoms with Gasteiger partial charge in [-0.15, -0.1) is 0 Å². The molecule has 0 amide bonds. The standard InChI is InChI=1S/C12H20ClN5O2/c1-7(2)9(6-17(4)5)15-11-10(18(19)20)8(3)14-12(13)16-11/h7,9H,6H2,1-5H3,(H,14,15,16). The molecule has 20 heavy (non-hydrogen) atoms. The van der Waals surface area contributed by atoms with Gasteiger partial charge in [0, 0.05) is 12.6 Å². The van der Waals surface area contributed by atoms with Gasteiger partial charge in [-0.1, -0.05) is 13.8 Å². The molecule has 1 heterocycles. The molecule has 1 rings (SSSR count). The van der Waals surface area contributed by atoms with E-state index >= 15 is 0 Å². The number of hydrogen-bond acceptors (Lipinski definition) is 6. The van der Waals surface area contributed by atoms with Gasteiger partial charge in [0.2, 0.25) is 11.1 Å². The lowest BCUT2D eigenvalue weighted by Gasteiger charge is -2.26. The van der Waals surface area contributed by atoms with Gasteiger partial charge in [-0.25, -0.2) is 4.98 Å². The topological polar surface area (TPSA) is 84.2 Å². The molecule has 1 unspecified atom stereocenters. The van der Waals surface area contributed by atoms with Crippen LogP contribution in [0.15, 0.2) is 0 Å². The van der Waals surface area contributed by atoms with Crippen LogP contribution in [-0.4, -0.2) is 46.5 Å². The molecule has 0 aliphatic heterocycles. The van der Waals surface area contributed by atoms with Crippen LogP contribution in [0.25, 0.3) is 0 Å². The summed E-state index contributed by atoms with van der Waals surface area (Å²) in [6.45, 7) is 6.37. The normalized spacial score (nSPS) is 12.8. The first-order chi connectivity index (χ1) is 9.22. The molecule has 1 aromatic heterocycles. The number of likely N-dealkylation sites (N-methyl/N-ethyl adjacent to an activating group) is 1. The number of aromatic nitrogens is 2. The zero-order valence-corrected chi connectivity index (χ0v) is 13.1. The van der Waals surface area contributed by atoms with Gasteiger partial charge in [-0.2, -0.15) is 4.98 Å². The van der Waals surface area contributed by atoms with E-state index < -0.39 is 4.92 Å². The quantitative estimate of drug-likeness (QED) is 0.493. The molecule has 0 aliphatic carbocycles. The monoisotopic (exact) mass is 301 g/mol. The minimum absolute atomic E-state index is 0.00274. The van der Waals surface area contributed by atoms with E-state index in [-0.39, 0.29) is 34.4 Å². The molecular weight excluding hydrogens is 282 g/mol. The SMILES string of the molecule is Cc1nc(Cl)nc(NC(CN(C)C)C(C)C)c1[N+](=O)[O-]. The van der Waals surface area contributed by atoms with E-state index in [2.05, 4.69) is 15.3 Å². The molecule has 1 aromatic rings. The number of nitrogens with one attached hydrogen (secondary N) is 1. The fourth-order valence-electron chi connectivity index (χ4n) is 1.84. The molecule has 0 aliphatic rings. The molecule has 1 atom stereocenters. The molecule has 8 heteroatoms. The molecule has 112 valence electrons. The van der Waals surface area contributed by atoms with Crippen molar-refractivity contribution in [3.63, 3.8) is 0 Å². The fourth-order valence-corrected chi connectivity index (χ4v) is 2.06. The van der Waals surface area contributed by atoms with Crippen molar-refractivity contribution in [2.45, 2.75) is 26.8 Å². The van der Waals surface area contributed by atoms with Crippen LogP contribution in [0, 0.1) is 23.0 Å². The highest BCUT2D eigenvalue weighted by molar-refractivity contribution is 6.28. The Balaban J connectivity index is 3.14. The third-order valence-corrected chi connectivity index (χ3v) is 3.07. The first kappa shape index (κ1) is 16.6. The highest BCUT2D eigenvalue weighted by atomic mass is 35.5. The molecule has 0 saturated carbocycles. The summed E-state index contributed by atoms with van der Waals surface area (Å²) in [5.41, 5.74) is 0.128. The maximum absolute atomic E-state index is 11.2. The Bertz CT molecular complexity index is 493. The molecule has 0 aromatic carbocycles. The van der Waals surface area contributed by atoms with E-state index in [9.17, 15) is 10.1 Å². The Morgan fingerprint density at radius 3 is 2.45 bits per heavy atom. The van der Waals surface area contributed by atoms with Crippen LogP contribution >= 0.6 is 11.6 Å². The van der Waals surface area contributed by atoms with Gasteiger partial charge in [0.1, 0.15) is 5.69 Å².